The van der Waals surface area contributed by atoms with E-state index in [0.29, 0.717) is 12.5 Å². The van der Waals surface area contributed by atoms with Crippen molar-refractivity contribution in [3.63, 3.8) is 0 Å². The molecule has 4 heteroatoms. The predicted molar refractivity (Wildman–Crippen MR) is 65.6 cm³/mol. The standard InChI is InChI=1S/C13H18N2O2/c1-15(10-4-5-10)13(17)12(14)8-9-2-6-11(16)7-3-9/h2-3,6-7,10,12,16H,4-5,8,14H2,1H3. The normalized spacial score (nSPS) is 16.6. The highest BCUT2D eigenvalue weighted by molar-refractivity contribution is 5.82. The fourth-order valence-corrected chi connectivity index (χ4v) is 1.88. The number of nitrogens with zero attached hydrogens (tertiary/aromatic N) is 1. The number of amides is 1. The molecule has 0 bridgehead atoms. The molecule has 1 fully saturated rings. The quantitative estimate of drug-likeness (QED) is 0.812. The highest BCUT2D eigenvalue weighted by Crippen LogP contribution is 2.25. The Labute approximate surface area is 101 Å². The first-order valence-corrected chi connectivity index (χ1v) is 5.88. The van der Waals surface area contributed by atoms with Crippen LogP contribution in [-0.2, 0) is 11.2 Å². The third-order valence-corrected chi connectivity index (χ3v) is 3.15. The maximum atomic E-state index is 11.9. The summed E-state index contributed by atoms with van der Waals surface area (Å²) in [4.78, 5) is 13.7. The van der Waals surface area contributed by atoms with Crippen molar-refractivity contribution >= 4 is 5.91 Å². The number of nitrogens with two attached hydrogens (primary N) is 1. The van der Waals surface area contributed by atoms with Gasteiger partial charge in [0.25, 0.3) is 0 Å². The summed E-state index contributed by atoms with van der Waals surface area (Å²) in [6.45, 7) is 0. The number of rotatable bonds is 4. The molecule has 0 saturated heterocycles. The van der Waals surface area contributed by atoms with Gasteiger partial charge in [-0.05, 0) is 37.0 Å². The van der Waals surface area contributed by atoms with Crippen LogP contribution in [0.5, 0.6) is 5.75 Å². The van der Waals surface area contributed by atoms with Gasteiger partial charge in [0.1, 0.15) is 5.75 Å². The summed E-state index contributed by atoms with van der Waals surface area (Å²) in [6.07, 6.45) is 2.69. The van der Waals surface area contributed by atoms with E-state index in [2.05, 4.69) is 0 Å². The highest BCUT2D eigenvalue weighted by Gasteiger charge is 2.31. The van der Waals surface area contributed by atoms with E-state index in [0.717, 1.165) is 18.4 Å². The maximum Gasteiger partial charge on any atom is 0.239 e. The van der Waals surface area contributed by atoms with Gasteiger partial charge in [0.2, 0.25) is 5.91 Å². The third-order valence-electron chi connectivity index (χ3n) is 3.15. The van der Waals surface area contributed by atoms with Gasteiger partial charge in [0.05, 0.1) is 6.04 Å². The fourth-order valence-electron chi connectivity index (χ4n) is 1.88. The highest BCUT2D eigenvalue weighted by atomic mass is 16.3. The Hall–Kier alpha value is -1.55. The van der Waals surface area contributed by atoms with Crippen molar-refractivity contribution < 1.29 is 9.90 Å². The topological polar surface area (TPSA) is 66.6 Å². The second-order valence-electron chi connectivity index (χ2n) is 4.66. The minimum Gasteiger partial charge on any atom is -0.508 e. The van der Waals surface area contributed by atoms with Crippen molar-refractivity contribution in [3.8, 4) is 5.75 Å². The van der Waals surface area contributed by atoms with Gasteiger partial charge in [-0.3, -0.25) is 4.79 Å². The lowest BCUT2D eigenvalue weighted by molar-refractivity contribution is -0.131. The Balaban J connectivity index is 1.93. The van der Waals surface area contributed by atoms with Crippen LogP contribution in [0.25, 0.3) is 0 Å². The zero-order valence-electron chi connectivity index (χ0n) is 9.97. The van der Waals surface area contributed by atoms with Gasteiger partial charge in [0, 0.05) is 13.1 Å². The minimum atomic E-state index is -0.495. The van der Waals surface area contributed by atoms with E-state index in [1.54, 1.807) is 29.2 Å². The molecule has 3 N–H and O–H groups in total. The summed E-state index contributed by atoms with van der Waals surface area (Å²) in [5.74, 6) is 0.226. The fraction of sp³-hybridized carbons (Fsp3) is 0.462. The van der Waals surface area contributed by atoms with Crippen LogP contribution in [0.2, 0.25) is 0 Å². The molecule has 1 atom stereocenters. The number of carbonyl (C=O) groups excluding carboxylic acids is 1. The molecule has 0 spiro atoms. The van der Waals surface area contributed by atoms with Crippen molar-refractivity contribution in [2.24, 2.45) is 5.73 Å². The lowest BCUT2D eigenvalue weighted by Gasteiger charge is -2.20. The summed E-state index contributed by atoms with van der Waals surface area (Å²) < 4.78 is 0. The van der Waals surface area contributed by atoms with Gasteiger partial charge in [-0.2, -0.15) is 0 Å². The molecule has 1 aromatic rings. The van der Waals surface area contributed by atoms with E-state index in [9.17, 15) is 4.79 Å². The molecule has 0 heterocycles. The van der Waals surface area contributed by atoms with Crippen LogP contribution < -0.4 is 5.73 Å². The van der Waals surface area contributed by atoms with Crippen LogP contribution in [0.15, 0.2) is 24.3 Å². The Morgan fingerprint density at radius 3 is 2.59 bits per heavy atom. The van der Waals surface area contributed by atoms with Gasteiger partial charge in [0.15, 0.2) is 0 Å². The average Bonchev–Trinajstić information content (AvgIpc) is 3.14. The SMILES string of the molecule is CN(C(=O)C(N)Cc1ccc(O)cc1)C1CC1. The second kappa shape index (κ2) is 4.75. The lowest BCUT2D eigenvalue weighted by Crippen LogP contribution is -2.44. The van der Waals surface area contributed by atoms with E-state index in [-0.39, 0.29) is 11.7 Å². The van der Waals surface area contributed by atoms with Gasteiger partial charge in [-0.15, -0.1) is 0 Å². The molecular weight excluding hydrogens is 216 g/mol. The first-order chi connectivity index (χ1) is 8.08. The number of benzene rings is 1. The summed E-state index contributed by atoms with van der Waals surface area (Å²) in [5.41, 5.74) is 6.87. The molecule has 1 aliphatic rings. The van der Waals surface area contributed by atoms with Crippen LogP contribution in [0.3, 0.4) is 0 Å². The molecule has 0 aliphatic heterocycles. The Morgan fingerprint density at radius 2 is 2.06 bits per heavy atom. The third kappa shape index (κ3) is 2.97. The molecule has 4 nitrogen and oxygen atoms in total. The molecule has 1 aromatic carbocycles. The first-order valence-electron chi connectivity index (χ1n) is 5.88. The number of aromatic hydroxyl groups is 1. The predicted octanol–water partition coefficient (Wildman–Crippen LogP) is 0.883. The molecule has 1 amide bonds. The van der Waals surface area contributed by atoms with Gasteiger partial charge in [-0.25, -0.2) is 0 Å². The Bertz CT molecular complexity index is 398. The summed E-state index contributed by atoms with van der Waals surface area (Å²) in [5, 5.41) is 9.16. The average molecular weight is 234 g/mol. The van der Waals surface area contributed by atoms with E-state index in [1.165, 1.54) is 0 Å². The van der Waals surface area contributed by atoms with Gasteiger partial charge >= 0.3 is 0 Å². The van der Waals surface area contributed by atoms with E-state index in [4.69, 9.17) is 10.8 Å². The molecule has 1 saturated carbocycles. The van der Waals surface area contributed by atoms with E-state index >= 15 is 0 Å². The van der Waals surface area contributed by atoms with Crippen LogP contribution in [0, 0.1) is 0 Å². The van der Waals surface area contributed by atoms with Crippen molar-refractivity contribution in [2.45, 2.75) is 31.3 Å². The minimum absolute atomic E-state index is 0.000532. The van der Waals surface area contributed by atoms with E-state index < -0.39 is 6.04 Å². The van der Waals surface area contributed by atoms with E-state index in [1.807, 2.05) is 7.05 Å². The summed E-state index contributed by atoms with van der Waals surface area (Å²) in [7, 11) is 1.82. The van der Waals surface area contributed by atoms with Crippen molar-refractivity contribution in [2.75, 3.05) is 7.05 Å². The molecule has 0 aromatic heterocycles. The van der Waals surface area contributed by atoms with Crippen molar-refractivity contribution in [3.05, 3.63) is 29.8 Å². The molecule has 0 radical (unpaired) electrons. The number of phenolic OH excluding ortho intramolecular Hbond substituents is 1. The smallest absolute Gasteiger partial charge is 0.239 e. The molecular formula is C13H18N2O2. The van der Waals surface area contributed by atoms with Gasteiger partial charge < -0.3 is 15.7 Å². The number of likely N-dealkylation sites (N-methyl/N-ethyl adjacent to an activating group) is 1. The summed E-state index contributed by atoms with van der Waals surface area (Å²) >= 11 is 0. The summed E-state index contributed by atoms with van der Waals surface area (Å²) in [6, 6.07) is 6.70. The zero-order valence-corrected chi connectivity index (χ0v) is 9.97. The molecule has 1 unspecified atom stereocenters. The number of hydrogen-bond acceptors (Lipinski definition) is 3. The van der Waals surface area contributed by atoms with Crippen molar-refractivity contribution in [1.82, 2.24) is 4.90 Å². The van der Waals surface area contributed by atoms with Crippen molar-refractivity contribution in [1.29, 1.82) is 0 Å². The number of hydrogen-bond donors (Lipinski definition) is 2. The van der Waals surface area contributed by atoms with Crippen LogP contribution in [0.4, 0.5) is 0 Å². The first kappa shape index (κ1) is 11.9. The maximum absolute atomic E-state index is 11.9. The molecule has 1 aliphatic carbocycles. The molecule has 17 heavy (non-hydrogen) atoms. The Morgan fingerprint density at radius 1 is 1.47 bits per heavy atom. The van der Waals surface area contributed by atoms with Crippen LogP contribution >= 0.6 is 0 Å². The van der Waals surface area contributed by atoms with Crippen LogP contribution in [-0.4, -0.2) is 35.0 Å². The zero-order chi connectivity index (χ0) is 12.4. The number of carbonyl (C=O) groups is 1. The largest absolute Gasteiger partial charge is 0.508 e. The molecule has 2 rings (SSSR count). The molecule has 92 valence electrons. The van der Waals surface area contributed by atoms with Crippen LogP contribution in [0.1, 0.15) is 18.4 Å². The monoisotopic (exact) mass is 234 g/mol. The second-order valence-corrected chi connectivity index (χ2v) is 4.66. The lowest BCUT2D eigenvalue weighted by atomic mass is 10.1. The Kier molecular flexibility index (Phi) is 3.33. The van der Waals surface area contributed by atoms with Gasteiger partial charge in [-0.1, -0.05) is 12.1 Å². The number of phenols is 1.